The average Bonchev–Trinajstić information content (AvgIpc) is 2.98. The van der Waals surface area contributed by atoms with E-state index in [1.807, 2.05) is 0 Å². The molecule has 2 saturated heterocycles. The maximum atomic E-state index is 6.51. The van der Waals surface area contributed by atoms with E-state index in [4.69, 9.17) is 14.3 Å². The quantitative estimate of drug-likeness (QED) is 0.146. The molecule has 40 heavy (non-hydrogen) atoms. The van der Waals surface area contributed by atoms with E-state index in [0.29, 0.717) is 12.2 Å². The largest absolute Gasteiger partial charge is 0.378 e. The molecule has 0 saturated carbocycles. The zero-order valence-electron chi connectivity index (χ0n) is 28.7. The van der Waals surface area contributed by atoms with Crippen LogP contribution in [0, 0.1) is 0 Å². The lowest BCUT2D eigenvalue weighted by Crippen LogP contribution is -2.54. The van der Waals surface area contributed by atoms with Gasteiger partial charge < -0.3 is 9.47 Å². The Balaban J connectivity index is 1.59. The van der Waals surface area contributed by atoms with Gasteiger partial charge in [0.2, 0.25) is 0 Å². The monoisotopic (exact) mass is 567 g/mol. The third-order valence-corrected chi connectivity index (χ3v) is 9.72. The molecule has 0 amide bonds. The fraction of sp³-hybridized carbons (Fsp3) is 1.00. The fourth-order valence-electron chi connectivity index (χ4n) is 7.50. The van der Waals surface area contributed by atoms with Crippen molar-refractivity contribution in [1.82, 2.24) is 9.96 Å². The third-order valence-electron chi connectivity index (χ3n) is 9.72. The lowest BCUT2D eigenvalue weighted by Gasteiger charge is -2.45. The number of unbranched alkanes of at least 4 members (excludes halogenated alkanes) is 8. The van der Waals surface area contributed by atoms with Gasteiger partial charge in [-0.05, 0) is 113 Å². The lowest BCUT2D eigenvalue weighted by molar-refractivity contribution is -0.265. The van der Waals surface area contributed by atoms with Gasteiger partial charge in [0.1, 0.15) is 0 Å². The summed E-state index contributed by atoms with van der Waals surface area (Å²) in [6.07, 6.45) is 18.8. The Labute approximate surface area is 250 Å². The van der Waals surface area contributed by atoms with E-state index in [1.54, 1.807) is 0 Å². The number of ether oxygens (including phenoxy) is 2. The molecule has 2 fully saturated rings. The summed E-state index contributed by atoms with van der Waals surface area (Å²) in [7, 11) is 0. The minimum absolute atomic E-state index is 0.0166. The number of hydroxylamine groups is 2. The minimum Gasteiger partial charge on any atom is -0.378 e. The van der Waals surface area contributed by atoms with Crippen LogP contribution in [-0.2, 0) is 14.3 Å². The Bertz CT molecular complexity index is 690. The van der Waals surface area contributed by atoms with E-state index in [9.17, 15) is 0 Å². The minimum atomic E-state index is -0.0166. The van der Waals surface area contributed by atoms with Crippen LogP contribution in [0.3, 0.4) is 0 Å². The van der Waals surface area contributed by atoms with Crippen LogP contribution < -0.4 is 0 Å². The Kier molecular flexibility index (Phi) is 14.9. The first kappa shape index (κ1) is 36.0. The molecule has 5 nitrogen and oxygen atoms in total. The van der Waals surface area contributed by atoms with Crippen molar-refractivity contribution in [2.24, 2.45) is 0 Å². The second-order valence-electron chi connectivity index (χ2n) is 15.4. The van der Waals surface area contributed by atoms with Crippen molar-refractivity contribution < 1.29 is 14.3 Å². The van der Waals surface area contributed by atoms with Crippen molar-refractivity contribution in [2.75, 3.05) is 26.4 Å². The highest BCUT2D eigenvalue weighted by Crippen LogP contribution is 2.43. The molecule has 0 spiro atoms. The van der Waals surface area contributed by atoms with E-state index in [2.05, 4.69) is 79.2 Å². The molecule has 238 valence electrons. The molecule has 5 heteroatoms. The highest BCUT2D eigenvalue weighted by atomic mass is 16.7. The Hall–Kier alpha value is -0.200. The first-order chi connectivity index (χ1) is 18.8. The maximum absolute atomic E-state index is 6.51. The maximum Gasteiger partial charge on any atom is 0.0770 e. The standard InChI is InChI=1S/C35H70N2O3/c1-11-13-19-24-36-33(5,6)29-31(35(36,9)10)39-26-21-18-16-15-17-20-25-38-30-22-23-32(3,4)37(34(7,8)28-30)40-27-14-12-2/h30-31H,11-29H2,1-10H3. The predicted molar refractivity (Wildman–Crippen MR) is 171 cm³/mol. The Morgan fingerprint density at radius 2 is 1.20 bits per heavy atom. The van der Waals surface area contributed by atoms with Crippen molar-refractivity contribution in [2.45, 2.75) is 200 Å². The molecule has 2 atom stereocenters. The van der Waals surface area contributed by atoms with Gasteiger partial charge in [-0.2, -0.15) is 5.06 Å². The van der Waals surface area contributed by atoms with Crippen molar-refractivity contribution in [3.05, 3.63) is 0 Å². The van der Waals surface area contributed by atoms with Gasteiger partial charge in [-0.25, -0.2) is 0 Å². The first-order valence-corrected chi connectivity index (χ1v) is 17.2. The van der Waals surface area contributed by atoms with Gasteiger partial charge in [-0.3, -0.25) is 9.74 Å². The predicted octanol–water partition coefficient (Wildman–Crippen LogP) is 9.33. The smallest absolute Gasteiger partial charge is 0.0770 e. The van der Waals surface area contributed by atoms with Crippen molar-refractivity contribution in [3.8, 4) is 0 Å². The number of rotatable bonds is 19. The first-order valence-electron chi connectivity index (χ1n) is 17.2. The van der Waals surface area contributed by atoms with Crippen LogP contribution in [-0.4, -0.2) is 70.7 Å². The van der Waals surface area contributed by atoms with E-state index < -0.39 is 0 Å². The van der Waals surface area contributed by atoms with Gasteiger partial charge in [-0.1, -0.05) is 58.8 Å². The lowest BCUT2D eigenvalue weighted by atomic mass is 9.95. The van der Waals surface area contributed by atoms with Gasteiger partial charge in [0.25, 0.3) is 0 Å². The molecule has 0 aromatic carbocycles. The van der Waals surface area contributed by atoms with Crippen LogP contribution in [0.4, 0.5) is 0 Å². The molecular formula is C35H70N2O3. The van der Waals surface area contributed by atoms with Gasteiger partial charge >= 0.3 is 0 Å². The zero-order chi connectivity index (χ0) is 29.9. The van der Waals surface area contributed by atoms with Gasteiger partial charge in [-0.15, -0.1) is 0 Å². The molecule has 0 aromatic rings. The van der Waals surface area contributed by atoms with E-state index in [1.165, 1.54) is 70.8 Å². The number of hydrogen-bond donors (Lipinski definition) is 0. The molecule has 2 rings (SSSR count). The summed E-state index contributed by atoms with van der Waals surface area (Å²) < 4.78 is 12.9. The third kappa shape index (κ3) is 10.8. The SMILES string of the molecule is CCCCCN1C(C)(C)CC(OCCCCCCCCOC2CCC(C)(C)N(OCCCC)C(C)(C)C2)C1(C)C. The van der Waals surface area contributed by atoms with Crippen LogP contribution in [0.15, 0.2) is 0 Å². The topological polar surface area (TPSA) is 34.2 Å². The van der Waals surface area contributed by atoms with Gasteiger partial charge in [0, 0.05) is 35.4 Å². The molecular weight excluding hydrogens is 496 g/mol. The van der Waals surface area contributed by atoms with Crippen LogP contribution in [0.5, 0.6) is 0 Å². The van der Waals surface area contributed by atoms with Crippen molar-refractivity contribution in [1.29, 1.82) is 0 Å². The number of hydrogen-bond acceptors (Lipinski definition) is 5. The van der Waals surface area contributed by atoms with E-state index in [0.717, 1.165) is 51.9 Å². The van der Waals surface area contributed by atoms with Crippen molar-refractivity contribution >= 4 is 0 Å². The summed E-state index contributed by atoms with van der Waals surface area (Å²) in [6.45, 7) is 27.2. The van der Waals surface area contributed by atoms with Crippen LogP contribution in [0.25, 0.3) is 0 Å². The van der Waals surface area contributed by atoms with Crippen LogP contribution >= 0.6 is 0 Å². The average molecular weight is 567 g/mol. The summed E-state index contributed by atoms with van der Waals surface area (Å²) >= 11 is 0. The molecule has 0 bridgehead atoms. The Morgan fingerprint density at radius 1 is 0.600 bits per heavy atom. The molecule has 2 aliphatic rings. The highest BCUT2D eigenvalue weighted by Gasteiger charge is 2.51. The summed E-state index contributed by atoms with van der Waals surface area (Å²) in [5.74, 6) is 0. The molecule has 0 aliphatic carbocycles. The van der Waals surface area contributed by atoms with Gasteiger partial charge in [0.05, 0.1) is 18.8 Å². The summed E-state index contributed by atoms with van der Waals surface area (Å²) in [5, 5.41) is 2.29. The Morgan fingerprint density at radius 3 is 1.82 bits per heavy atom. The summed E-state index contributed by atoms with van der Waals surface area (Å²) in [4.78, 5) is 9.04. The normalized spacial score (nSPS) is 26.2. The summed E-state index contributed by atoms with van der Waals surface area (Å²) in [6, 6.07) is 0. The van der Waals surface area contributed by atoms with E-state index >= 15 is 0 Å². The van der Waals surface area contributed by atoms with Crippen LogP contribution in [0.1, 0.15) is 166 Å². The second kappa shape index (κ2) is 16.6. The molecule has 2 unspecified atom stereocenters. The van der Waals surface area contributed by atoms with E-state index in [-0.39, 0.29) is 22.2 Å². The number of likely N-dealkylation sites (tertiary alicyclic amines) is 1. The molecule has 2 heterocycles. The molecule has 0 N–H and O–H groups in total. The zero-order valence-corrected chi connectivity index (χ0v) is 28.7. The molecule has 0 aromatic heterocycles. The molecule has 2 aliphatic heterocycles. The van der Waals surface area contributed by atoms with Crippen LogP contribution in [0.2, 0.25) is 0 Å². The fourth-order valence-corrected chi connectivity index (χ4v) is 7.50. The highest BCUT2D eigenvalue weighted by molar-refractivity contribution is 5.06. The molecule has 0 radical (unpaired) electrons. The van der Waals surface area contributed by atoms with Crippen molar-refractivity contribution in [3.63, 3.8) is 0 Å². The summed E-state index contributed by atoms with van der Waals surface area (Å²) in [5.41, 5.74) is 0.377. The number of nitrogens with zero attached hydrogens (tertiary/aromatic N) is 2. The second-order valence-corrected chi connectivity index (χ2v) is 15.4. The van der Waals surface area contributed by atoms with Gasteiger partial charge in [0.15, 0.2) is 0 Å².